The number of nitrogens with zero attached hydrogens (tertiary/aromatic N) is 5. The number of benzene rings is 1. The third-order valence-corrected chi connectivity index (χ3v) is 6.06. The zero-order valence-corrected chi connectivity index (χ0v) is 19.1. The molecule has 0 bridgehead atoms. The van der Waals surface area contributed by atoms with Crippen LogP contribution in [0.1, 0.15) is 25.1 Å². The van der Waals surface area contributed by atoms with Gasteiger partial charge in [0, 0.05) is 18.7 Å². The Morgan fingerprint density at radius 2 is 1.67 bits per heavy atom. The van der Waals surface area contributed by atoms with E-state index in [0.29, 0.717) is 10.9 Å². The molecule has 5 aromatic rings. The molecule has 186 valence electrons. The number of rotatable bonds is 5. The molecule has 0 amide bonds. The molecule has 0 unspecified atom stereocenters. The molecule has 0 saturated carbocycles. The highest BCUT2D eigenvalue weighted by atomic mass is 19.4. The maximum atomic E-state index is 14.5. The second-order valence-electron chi connectivity index (χ2n) is 8.59. The van der Waals surface area contributed by atoms with Gasteiger partial charge in [-0.25, -0.2) is 9.97 Å². The smallest absolute Gasteiger partial charge is 0.422 e. The van der Waals surface area contributed by atoms with Crippen LogP contribution in [-0.4, -0.2) is 37.9 Å². The maximum Gasteiger partial charge on any atom is 0.459 e. The summed E-state index contributed by atoms with van der Waals surface area (Å²) in [5, 5.41) is 7.68. The number of hydrogen-bond donors (Lipinski definition) is 0. The summed E-state index contributed by atoms with van der Waals surface area (Å²) < 4.78 is 80.9. The van der Waals surface area contributed by atoms with Crippen molar-refractivity contribution in [3.63, 3.8) is 0 Å². The van der Waals surface area contributed by atoms with Gasteiger partial charge in [-0.1, -0.05) is 24.3 Å². The Bertz CT molecular complexity index is 1560. The van der Waals surface area contributed by atoms with Crippen molar-refractivity contribution in [1.82, 2.24) is 24.6 Å². The lowest BCUT2D eigenvalue weighted by Gasteiger charge is -2.24. The molecule has 0 atom stereocenters. The minimum absolute atomic E-state index is 0.0557. The van der Waals surface area contributed by atoms with Gasteiger partial charge in [-0.2, -0.15) is 22.0 Å². The van der Waals surface area contributed by atoms with E-state index in [1.807, 2.05) is 13.8 Å². The number of aromatic nitrogens is 5. The highest BCUT2D eigenvalue weighted by molar-refractivity contribution is 5.94. The molecular weight excluding hydrogens is 485 g/mol. The van der Waals surface area contributed by atoms with Crippen molar-refractivity contribution in [2.45, 2.75) is 31.5 Å². The van der Waals surface area contributed by atoms with Gasteiger partial charge in [0.25, 0.3) is 5.89 Å². The maximum absolute atomic E-state index is 14.5. The summed E-state index contributed by atoms with van der Waals surface area (Å²) in [7, 11) is 1.55. The van der Waals surface area contributed by atoms with Gasteiger partial charge in [0.05, 0.1) is 5.60 Å². The third-order valence-electron chi connectivity index (χ3n) is 6.06. The van der Waals surface area contributed by atoms with Crippen molar-refractivity contribution in [2.75, 3.05) is 7.11 Å². The number of hydrogen-bond acceptors (Lipinski definition) is 6. The van der Waals surface area contributed by atoms with Crippen LogP contribution < -0.4 is 0 Å². The lowest BCUT2D eigenvalue weighted by Crippen LogP contribution is -2.34. The van der Waals surface area contributed by atoms with Gasteiger partial charge in [-0.15, -0.1) is 10.2 Å². The average Bonchev–Trinajstić information content (AvgIpc) is 3.52. The van der Waals surface area contributed by atoms with Gasteiger partial charge in [0.15, 0.2) is 0 Å². The van der Waals surface area contributed by atoms with Gasteiger partial charge >= 0.3 is 12.1 Å². The Morgan fingerprint density at radius 3 is 2.28 bits per heavy atom. The molecule has 0 radical (unpaired) electrons. The molecule has 0 fully saturated rings. The Balaban J connectivity index is 1.78. The summed E-state index contributed by atoms with van der Waals surface area (Å²) >= 11 is 0. The second-order valence-corrected chi connectivity index (χ2v) is 8.59. The number of methoxy groups -OCH3 is 1. The molecule has 5 rings (SSSR count). The van der Waals surface area contributed by atoms with E-state index in [0.717, 1.165) is 18.0 Å². The molecule has 0 spiro atoms. The van der Waals surface area contributed by atoms with Gasteiger partial charge in [0.2, 0.25) is 6.39 Å². The monoisotopic (exact) mass is 503 g/mol. The van der Waals surface area contributed by atoms with Crippen molar-refractivity contribution in [3.8, 4) is 22.7 Å². The predicted molar refractivity (Wildman–Crippen MR) is 119 cm³/mol. The Kier molecular flexibility index (Phi) is 5.32. The molecule has 4 heterocycles. The number of fused-ring (bicyclic) bond motifs is 3. The molecule has 0 N–H and O–H groups in total. The van der Waals surface area contributed by atoms with Crippen LogP contribution in [0.4, 0.5) is 22.0 Å². The summed E-state index contributed by atoms with van der Waals surface area (Å²) in [5.41, 5.74) is -0.357. The summed E-state index contributed by atoms with van der Waals surface area (Å²) in [6.07, 6.45) is -3.36. The number of halogens is 5. The van der Waals surface area contributed by atoms with Crippen LogP contribution >= 0.6 is 0 Å². The molecule has 0 aliphatic carbocycles. The fourth-order valence-corrected chi connectivity index (χ4v) is 3.83. The lowest BCUT2D eigenvalue weighted by molar-refractivity contribution is -0.290. The third kappa shape index (κ3) is 3.77. The summed E-state index contributed by atoms with van der Waals surface area (Å²) in [6, 6.07) is 10.7. The fraction of sp³-hybridized carbons (Fsp3) is 0.250. The van der Waals surface area contributed by atoms with Gasteiger partial charge in [0.1, 0.15) is 22.7 Å². The van der Waals surface area contributed by atoms with Gasteiger partial charge in [-0.3, -0.25) is 4.40 Å². The molecule has 0 aliphatic heterocycles. The van der Waals surface area contributed by atoms with Gasteiger partial charge in [-0.05, 0) is 48.7 Å². The van der Waals surface area contributed by atoms with Crippen LogP contribution in [0, 0.1) is 0 Å². The van der Waals surface area contributed by atoms with Crippen molar-refractivity contribution in [2.24, 2.45) is 0 Å². The van der Waals surface area contributed by atoms with E-state index in [9.17, 15) is 22.0 Å². The minimum Gasteiger partial charge on any atom is -0.422 e. The lowest BCUT2D eigenvalue weighted by atomic mass is 9.94. The number of pyridine rings is 2. The number of ether oxygens (including phenoxy) is 1. The van der Waals surface area contributed by atoms with E-state index < -0.39 is 23.4 Å². The highest BCUT2D eigenvalue weighted by Gasteiger charge is 2.60. The average molecular weight is 503 g/mol. The fourth-order valence-electron chi connectivity index (χ4n) is 3.83. The molecule has 12 heteroatoms. The molecule has 36 heavy (non-hydrogen) atoms. The van der Waals surface area contributed by atoms with Crippen LogP contribution in [-0.2, 0) is 16.3 Å². The Labute approximate surface area is 200 Å². The van der Waals surface area contributed by atoms with Crippen LogP contribution in [0.5, 0.6) is 0 Å². The molecule has 1 aromatic carbocycles. The van der Waals surface area contributed by atoms with Crippen LogP contribution in [0.25, 0.3) is 39.4 Å². The van der Waals surface area contributed by atoms with Crippen LogP contribution in [0.3, 0.4) is 0 Å². The molecule has 0 aliphatic rings. The first-order valence-electron chi connectivity index (χ1n) is 10.6. The van der Waals surface area contributed by atoms with Crippen molar-refractivity contribution < 1.29 is 31.1 Å². The predicted octanol–water partition coefficient (Wildman–Crippen LogP) is 6.14. The van der Waals surface area contributed by atoms with E-state index in [1.165, 1.54) is 10.6 Å². The second kappa shape index (κ2) is 8.05. The summed E-state index contributed by atoms with van der Waals surface area (Å²) in [6.45, 7) is 3.70. The highest BCUT2D eigenvalue weighted by Crippen LogP contribution is 2.45. The zero-order chi connectivity index (χ0) is 25.9. The number of alkyl halides is 5. The van der Waals surface area contributed by atoms with Crippen molar-refractivity contribution >= 4 is 16.7 Å². The molecule has 7 nitrogen and oxygen atoms in total. The van der Waals surface area contributed by atoms with Crippen LogP contribution in [0.2, 0.25) is 0 Å². The molecular formula is C24H18F5N5O2. The Morgan fingerprint density at radius 1 is 0.944 bits per heavy atom. The normalized spacial score (nSPS) is 13.1. The van der Waals surface area contributed by atoms with E-state index in [2.05, 4.69) is 20.2 Å². The first-order chi connectivity index (χ1) is 16.9. The SMILES string of the molecule is COC(C)(C)c1ccc(-c2cc(C(F)(F)C(F)(F)F)nc3c2ccc2nc(-c4nnco4)cn23)cc1. The van der Waals surface area contributed by atoms with Gasteiger partial charge < -0.3 is 9.15 Å². The molecule has 0 saturated heterocycles. The number of imidazole rings is 1. The summed E-state index contributed by atoms with van der Waals surface area (Å²) in [5.74, 6) is -5.13. The molecule has 4 aromatic heterocycles. The van der Waals surface area contributed by atoms with Crippen LogP contribution in [0.15, 0.2) is 59.5 Å². The quantitative estimate of drug-likeness (QED) is 0.268. The van der Waals surface area contributed by atoms with E-state index in [4.69, 9.17) is 9.15 Å². The van der Waals surface area contributed by atoms with E-state index in [1.54, 1.807) is 43.5 Å². The minimum atomic E-state index is -5.84. The van der Waals surface area contributed by atoms with Crippen molar-refractivity contribution in [3.05, 3.63) is 66.3 Å². The van der Waals surface area contributed by atoms with Crippen molar-refractivity contribution in [1.29, 1.82) is 0 Å². The Hall–Kier alpha value is -3.93. The topological polar surface area (TPSA) is 78.3 Å². The first kappa shape index (κ1) is 23.8. The standard InChI is InChI=1S/C24H18F5N5O2/c1-22(2,35-3)14-6-4-13(5-7-14)16-10-18(23(25,26)24(27,28)29)32-20-15(16)8-9-19-31-17(11-34(19)20)21-33-30-12-36-21/h4-12H,1-3H3. The largest absolute Gasteiger partial charge is 0.459 e. The zero-order valence-electron chi connectivity index (χ0n) is 19.1. The first-order valence-corrected chi connectivity index (χ1v) is 10.6. The van der Waals surface area contributed by atoms with E-state index >= 15 is 0 Å². The van der Waals surface area contributed by atoms with E-state index in [-0.39, 0.29) is 28.4 Å². The summed E-state index contributed by atoms with van der Waals surface area (Å²) in [4.78, 5) is 8.06.